The molecule has 0 aromatic heterocycles. The Morgan fingerprint density at radius 3 is 2.29 bits per heavy atom. The number of para-hydroxylation sites is 1. The van der Waals surface area contributed by atoms with Crippen molar-refractivity contribution in [3.8, 4) is 0 Å². The second-order valence-electron chi connectivity index (χ2n) is 9.08. The lowest BCUT2D eigenvalue weighted by atomic mass is 9.97. The number of alkyl halides is 3. The van der Waals surface area contributed by atoms with E-state index in [4.69, 9.17) is 0 Å². The first-order valence-electron chi connectivity index (χ1n) is 11.9. The zero-order valence-corrected chi connectivity index (χ0v) is 21.6. The highest BCUT2D eigenvalue weighted by Crippen LogP contribution is 2.43. The summed E-state index contributed by atoms with van der Waals surface area (Å²) < 4.78 is 56.7. The Kier molecular flexibility index (Phi) is 7.04. The summed E-state index contributed by atoms with van der Waals surface area (Å²) in [5.41, 5.74) is 0.592. The number of anilines is 2. The van der Waals surface area contributed by atoms with Crippen LogP contribution in [0.25, 0.3) is 0 Å². The Morgan fingerprint density at radius 2 is 1.61 bits per heavy atom. The lowest BCUT2D eigenvalue weighted by Crippen LogP contribution is -2.55. The highest BCUT2D eigenvalue weighted by atomic mass is 79.9. The van der Waals surface area contributed by atoms with E-state index < -0.39 is 36.0 Å². The van der Waals surface area contributed by atoms with Crippen molar-refractivity contribution in [3.63, 3.8) is 0 Å². The molecule has 11 heteroatoms. The Balaban J connectivity index is 1.57. The fourth-order valence-corrected chi connectivity index (χ4v) is 5.29. The van der Waals surface area contributed by atoms with E-state index in [-0.39, 0.29) is 17.3 Å². The van der Waals surface area contributed by atoms with Crippen LogP contribution in [0.1, 0.15) is 23.6 Å². The molecule has 0 radical (unpaired) electrons. The van der Waals surface area contributed by atoms with Crippen molar-refractivity contribution in [1.29, 1.82) is 0 Å². The minimum Gasteiger partial charge on any atom is -0.481 e. The van der Waals surface area contributed by atoms with Crippen molar-refractivity contribution in [2.45, 2.75) is 18.6 Å². The molecular weight excluding hydrogens is 568 g/mol. The van der Waals surface area contributed by atoms with E-state index in [0.29, 0.717) is 31.7 Å². The number of carbonyl (C=O) groups is 1. The average Bonchev–Trinajstić information content (AvgIpc) is 2.88. The SMILES string of the molecule is O=C(O)CC1c2cccc(F)c2N=C(N2CCN(c3cccc(Br)c3)CC2)N1c1cccc(C(F)(F)F)c1. The van der Waals surface area contributed by atoms with E-state index in [0.717, 1.165) is 22.3 Å². The normalized spacial score (nSPS) is 17.8. The smallest absolute Gasteiger partial charge is 0.416 e. The minimum absolute atomic E-state index is 0.00592. The molecule has 0 amide bonds. The predicted octanol–water partition coefficient (Wildman–Crippen LogP) is 6.45. The number of guanidine groups is 1. The third-order valence-corrected chi connectivity index (χ3v) is 7.16. The molecule has 1 unspecified atom stereocenters. The van der Waals surface area contributed by atoms with E-state index >= 15 is 0 Å². The van der Waals surface area contributed by atoms with Gasteiger partial charge in [0, 0.05) is 47.6 Å². The number of piperazine rings is 1. The van der Waals surface area contributed by atoms with Gasteiger partial charge in [-0.25, -0.2) is 9.38 Å². The number of carboxylic acids is 1. The molecular formula is C27H23BrF4N4O2. The van der Waals surface area contributed by atoms with Gasteiger partial charge in [0.1, 0.15) is 11.5 Å². The standard InChI is InChI=1S/C27H23BrF4N4O2/c28-18-5-2-6-19(15-18)34-10-12-35(13-11-34)26-33-25-21(8-3-9-22(25)29)23(16-24(37)38)36(26)20-7-1-4-17(14-20)27(30,31)32/h1-9,14-15,23H,10-13,16H2,(H,37,38). The number of nitrogens with zero attached hydrogens (tertiary/aromatic N) is 4. The zero-order chi connectivity index (χ0) is 27.0. The van der Waals surface area contributed by atoms with Crippen molar-refractivity contribution >= 4 is 44.9 Å². The summed E-state index contributed by atoms with van der Waals surface area (Å²) in [5.74, 6) is -1.56. The first-order valence-corrected chi connectivity index (χ1v) is 12.7. The van der Waals surface area contributed by atoms with Crippen LogP contribution in [-0.2, 0) is 11.0 Å². The van der Waals surface area contributed by atoms with Gasteiger partial charge in [-0.15, -0.1) is 0 Å². The maximum absolute atomic E-state index is 14.9. The maximum Gasteiger partial charge on any atom is 0.416 e. The van der Waals surface area contributed by atoms with Crippen LogP contribution in [0.4, 0.5) is 34.6 Å². The molecule has 38 heavy (non-hydrogen) atoms. The molecule has 3 aromatic rings. The van der Waals surface area contributed by atoms with Gasteiger partial charge >= 0.3 is 12.1 Å². The molecule has 0 saturated carbocycles. The van der Waals surface area contributed by atoms with Gasteiger partial charge in [0.25, 0.3) is 0 Å². The second kappa shape index (κ2) is 10.3. The van der Waals surface area contributed by atoms with E-state index in [9.17, 15) is 27.5 Å². The Labute approximate surface area is 224 Å². The number of halogens is 5. The van der Waals surface area contributed by atoms with Crippen molar-refractivity contribution in [2.75, 3.05) is 36.0 Å². The molecule has 6 nitrogen and oxygen atoms in total. The maximum atomic E-state index is 14.9. The van der Waals surface area contributed by atoms with Crippen LogP contribution in [0.3, 0.4) is 0 Å². The Bertz CT molecular complexity index is 1390. The molecule has 1 saturated heterocycles. The van der Waals surface area contributed by atoms with Crippen molar-refractivity contribution in [1.82, 2.24) is 4.90 Å². The Morgan fingerprint density at radius 1 is 0.947 bits per heavy atom. The van der Waals surface area contributed by atoms with Crippen LogP contribution in [0.15, 0.2) is 76.2 Å². The van der Waals surface area contributed by atoms with E-state index in [1.54, 1.807) is 6.07 Å². The summed E-state index contributed by atoms with van der Waals surface area (Å²) in [4.78, 5) is 22.0. The number of hydrogen-bond donors (Lipinski definition) is 1. The van der Waals surface area contributed by atoms with Gasteiger partial charge in [0.2, 0.25) is 5.96 Å². The molecule has 1 fully saturated rings. The molecule has 2 heterocycles. The molecule has 2 aliphatic heterocycles. The quantitative estimate of drug-likeness (QED) is 0.354. The number of benzene rings is 3. The van der Waals surface area contributed by atoms with E-state index in [1.165, 1.54) is 29.2 Å². The lowest BCUT2D eigenvalue weighted by molar-refractivity contribution is -0.138. The summed E-state index contributed by atoms with van der Waals surface area (Å²) >= 11 is 3.48. The molecule has 3 aromatic carbocycles. The third kappa shape index (κ3) is 5.20. The Hall–Kier alpha value is -3.60. The van der Waals surface area contributed by atoms with Gasteiger partial charge in [-0.05, 0) is 42.5 Å². The summed E-state index contributed by atoms with van der Waals surface area (Å²) in [6.45, 7) is 2.06. The van der Waals surface area contributed by atoms with Crippen LogP contribution in [-0.4, -0.2) is 48.1 Å². The minimum atomic E-state index is -4.59. The average molecular weight is 591 g/mol. The highest BCUT2D eigenvalue weighted by Gasteiger charge is 2.39. The highest BCUT2D eigenvalue weighted by molar-refractivity contribution is 9.10. The van der Waals surface area contributed by atoms with Crippen molar-refractivity contribution in [3.05, 3.63) is 88.1 Å². The largest absolute Gasteiger partial charge is 0.481 e. The molecule has 0 bridgehead atoms. The topological polar surface area (TPSA) is 59.4 Å². The first-order chi connectivity index (χ1) is 18.1. The summed E-state index contributed by atoms with van der Waals surface area (Å²) in [7, 11) is 0. The third-order valence-electron chi connectivity index (χ3n) is 6.67. The van der Waals surface area contributed by atoms with Gasteiger partial charge in [0.15, 0.2) is 0 Å². The number of hydrogen-bond acceptors (Lipinski definition) is 5. The van der Waals surface area contributed by atoms with E-state index in [2.05, 4.69) is 25.8 Å². The van der Waals surface area contributed by atoms with Crippen LogP contribution >= 0.6 is 15.9 Å². The van der Waals surface area contributed by atoms with Gasteiger partial charge in [-0.2, -0.15) is 13.2 Å². The first kappa shape index (κ1) is 26.0. The van der Waals surface area contributed by atoms with Crippen LogP contribution in [0.5, 0.6) is 0 Å². The number of aliphatic carboxylic acids is 1. The van der Waals surface area contributed by atoms with Crippen LogP contribution < -0.4 is 9.80 Å². The fraction of sp³-hybridized carbons (Fsp3) is 0.259. The van der Waals surface area contributed by atoms with Crippen molar-refractivity contribution < 1.29 is 27.5 Å². The number of carboxylic acid groups (broad SMARTS) is 1. The molecule has 0 spiro atoms. The van der Waals surface area contributed by atoms with Gasteiger partial charge in [-0.1, -0.05) is 40.2 Å². The van der Waals surface area contributed by atoms with Gasteiger partial charge < -0.3 is 19.8 Å². The monoisotopic (exact) mass is 590 g/mol. The van der Waals surface area contributed by atoms with Gasteiger partial charge in [-0.3, -0.25) is 4.79 Å². The molecule has 1 atom stereocenters. The van der Waals surface area contributed by atoms with Crippen molar-refractivity contribution in [2.24, 2.45) is 4.99 Å². The molecule has 198 valence electrons. The van der Waals surface area contributed by atoms with Crippen LogP contribution in [0.2, 0.25) is 0 Å². The fourth-order valence-electron chi connectivity index (χ4n) is 4.91. The summed E-state index contributed by atoms with van der Waals surface area (Å²) in [6.07, 6.45) is -5.05. The molecule has 1 N–H and O–H groups in total. The van der Waals surface area contributed by atoms with E-state index in [1.807, 2.05) is 29.2 Å². The van der Waals surface area contributed by atoms with Gasteiger partial charge in [0.05, 0.1) is 18.0 Å². The summed E-state index contributed by atoms with van der Waals surface area (Å²) in [5, 5.41) is 9.72. The number of fused-ring (bicyclic) bond motifs is 1. The number of rotatable bonds is 4. The number of aliphatic imine (C=N–C) groups is 1. The molecule has 5 rings (SSSR count). The molecule has 2 aliphatic rings. The lowest BCUT2D eigenvalue weighted by Gasteiger charge is -2.45. The summed E-state index contributed by atoms with van der Waals surface area (Å²) in [6, 6.07) is 15.8. The molecule has 0 aliphatic carbocycles. The predicted molar refractivity (Wildman–Crippen MR) is 140 cm³/mol. The second-order valence-corrected chi connectivity index (χ2v) is 9.99. The zero-order valence-electron chi connectivity index (χ0n) is 20.0. The van der Waals surface area contributed by atoms with Crippen LogP contribution in [0, 0.1) is 5.82 Å².